The average molecular weight is 291 g/mol. The van der Waals surface area contributed by atoms with Crippen LogP contribution in [0.15, 0.2) is 6.20 Å². The Hall–Kier alpha value is -2.22. The Morgan fingerprint density at radius 3 is 2.86 bits per heavy atom. The lowest BCUT2D eigenvalue weighted by atomic mass is 10.1. The largest absolute Gasteiger partial charge is 0.340 e. The first kappa shape index (κ1) is 15.2. The van der Waals surface area contributed by atoms with Crippen LogP contribution in [0, 0.1) is 13.8 Å². The summed E-state index contributed by atoms with van der Waals surface area (Å²) in [6.45, 7) is 5.56. The van der Waals surface area contributed by atoms with Crippen molar-refractivity contribution in [3.8, 4) is 0 Å². The molecule has 0 spiro atoms. The van der Waals surface area contributed by atoms with E-state index in [4.69, 9.17) is 5.73 Å². The van der Waals surface area contributed by atoms with Crippen molar-refractivity contribution in [2.24, 2.45) is 5.73 Å². The van der Waals surface area contributed by atoms with Gasteiger partial charge in [0.2, 0.25) is 0 Å². The Morgan fingerprint density at radius 1 is 1.48 bits per heavy atom. The van der Waals surface area contributed by atoms with Gasteiger partial charge in [0.1, 0.15) is 0 Å². The molecule has 2 aromatic rings. The van der Waals surface area contributed by atoms with Gasteiger partial charge in [-0.3, -0.25) is 14.6 Å². The number of hydrogen-bond acceptors (Lipinski definition) is 5. The van der Waals surface area contributed by atoms with E-state index in [0.717, 1.165) is 23.4 Å². The minimum absolute atomic E-state index is 0.142. The van der Waals surface area contributed by atoms with E-state index in [1.807, 2.05) is 13.8 Å². The van der Waals surface area contributed by atoms with Crippen LogP contribution in [-0.4, -0.2) is 56.1 Å². The fraction of sp³-hybridized carbons (Fsp3) is 0.538. The first-order chi connectivity index (χ1) is 10.0. The number of carbonyl (C=O) groups excluding carboxylic acids is 1. The number of carbonyl (C=O) groups is 1. The molecule has 3 N–H and O–H groups in total. The van der Waals surface area contributed by atoms with Gasteiger partial charge >= 0.3 is 0 Å². The maximum atomic E-state index is 12.2. The molecule has 2 aromatic heterocycles. The van der Waals surface area contributed by atoms with Gasteiger partial charge in [-0.15, -0.1) is 5.10 Å². The molecule has 0 fully saturated rings. The molecule has 0 unspecified atom stereocenters. The van der Waals surface area contributed by atoms with E-state index in [-0.39, 0.29) is 5.91 Å². The summed E-state index contributed by atoms with van der Waals surface area (Å²) in [6, 6.07) is 0. The van der Waals surface area contributed by atoms with Crippen LogP contribution in [-0.2, 0) is 13.0 Å². The fourth-order valence-electron chi connectivity index (χ4n) is 2.16. The molecule has 0 aliphatic rings. The van der Waals surface area contributed by atoms with Crippen LogP contribution in [0.1, 0.15) is 27.4 Å². The minimum Gasteiger partial charge on any atom is -0.340 e. The first-order valence-corrected chi connectivity index (χ1v) is 6.89. The predicted octanol–water partition coefficient (Wildman–Crippen LogP) is -0.109. The van der Waals surface area contributed by atoms with E-state index in [0.29, 0.717) is 25.3 Å². The summed E-state index contributed by atoms with van der Waals surface area (Å²) in [5.41, 5.74) is 8.95. The highest BCUT2D eigenvalue weighted by Crippen LogP contribution is 2.11. The highest BCUT2D eigenvalue weighted by atomic mass is 16.2. The van der Waals surface area contributed by atoms with E-state index >= 15 is 0 Å². The number of hydrogen-bond donors (Lipinski definition) is 2. The van der Waals surface area contributed by atoms with Gasteiger partial charge in [0.05, 0.1) is 18.4 Å². The summed E-state index contributed by atoms with van der Waals surface area (Å²) >= 11 is 0. The van der Waals surface area contributed by atoms with Crippen LogP contribution < -0.4 is 5.73 Å². The van der Waals surface area contributed by atoms with Gasteiger partial charge in [-0.1, -0.05) is 5.21 Å². The molecular formula is C13H21N7O. The van der Waals surface area contributed by atoms with Gasteiger partial charge in [0.25, 0.3) is 5.91 Å². The fourth-order valence-corrected chi connectivity index (χ4v) is 2.16. The van der Waals surface area contributed by atoms with Gasteiger partial charge in [-0.2, -0.15) is 5.10 Å². The Balaban J connectivity index is 1.96. The highest BCUT2D eigenvalue weighted by molar-refractivity contribution is 5.91. The minimum atomic E-state index is -0.142. The molecule has 0 aromatic carbocycles. The monoisotopic (exact) mass is 291 g/mol. The summed E-state index contributed by atoms with van der Waals surface area (Å²) in [7, 11) is 1.76. The van der Waals surface area contributed by atoms with Gasteiger partial charge in [-0.25, -0.2) is 0 Å². The molecule has 0 saturated heterocycles. The van der Waals surface area contributed by atoms with Crippen molar-refractivity contribution >= 4 is 5.91 Å². The molecular weight excluding hydrogens is 270 g/mol. The molecule has 0 aliphatic carbocycles. The van der Waals surface area contributed by atoms with Crippen molar-refractivity contribution in [3.63, 3.8) is 0 Å². The zero-order valence-corrected chi connectivity index (χ0v) is 12.6. The van der Waals surface area contributed by atoms with Crippen molar-refractivity contribution in [1.29, 1.82) is 0 Å². The molecule has 0 saturated carbocycles. The van der Waals surface area contributed by atoms with E-state index in [9.17, 15) is 4.79 Å². The van der Waals surface area contributed by atoms with Gasteiger partial charge in [0.15, 0.2) is 5.69 Å². The number of amides is 1. The second-order valence-electron chi connectivity index (χ2n) is 5.04. The summed E-state index contributed by atoms with van der Waals surface area (Å²) in [4.78, 5) is 13.9. The second kappa shape index (κ2) is 6.49. The third-order valence-corrected chi connectivity index (χ3v) is 3.44. The number of likely N-dealkylation sites (N-methyl/N-ethyl adjacent to an activating group) is 1. The summed E-state index contributed by atoms with van der Waals surface area (Å²) in [5.74, 6) is -0.142. The number of nitrogens with one attached hydrogen (secondary N) is 1. The molecule has 114 valence electrons. The van der Waals surface area contributed by atoms with Crippen LogP contribution in [0.25, 0.3) is 0 Å². The lowest BCUT2D eigenvalue weighted by Gasteiger charge is -2.15. The van der Waals surface area contributed by atoms with Gasteiger partial charge in [-0.05, 0) is 25.8 Å². The number of nitrogens with two attached hydrogens (primary N) is 1. The number of rotatable bonds is 6. The van der Waals surface area contributed by atoms with Crippen molar-refractivity contribution in [1.82, 2.24) is 30.1 Å². The van der Waals surface area contributed by atoms with E-state index < -0.39 is 0 Å². The lowest BCUT2D eigenvalue weighted by Crippen LogP contribution is -2.29. The topological polar surface area (TPSA) is 106 Å². The number of aryl methyl sites for hydroxylation is 2. The molecule has 0 radical (unpaired) electrons. The maximum absolute atomic E-state index is 12.2. The van der Waals surface area contributed by atoms with Crippen molar-refractivity contribution in [2.75, 3.05) is 20.1 Å². The van der Waals surface area contributed by atoms with Crippen LogP contribution >= 0.6 is 0 Å². The van der Waals surface area contributed by atoms with Crippen LogP contribution in [0.3, 0.4) is 0 Å². The second-order valence-corrected chi connectivity index (χ2v) is 5.04. The number of aromatic amines is 1. The van der Waals surface area contributed by atoms with Crippen LogP contribution in [0.4, 0.5) is 0 Å². The third kappa shape index (κ3) is 3.46. The molecule has 1 amide bonds. The Morgan fingerprint density at radius 2 is 2.24 bits per heavy atom. The standard InChI is InChI=1S/C13H21N7O/c1-9-11(10(2)16-15-9)4-6-19(3)13(21)12-8-20(7-5-14)18-17-12/h8H,4-7,14H2,1-3H3,(H,15,16). The van der Waals surface area contributed by atoms with Crippen LogP contribution in [0.2, 0.25) is 0 Å². The summed E-state index contributed by atoms with van der Waals surface area (Å²) in [5, 5.41) is 14.9. The van der Waals surface area contributed by atoms with Gasteiger partial charge < -0.3 is 10.6 Å². The van der Waals surface area contributed by atoms with Crippen molar-refractivity contribution in [2.45, 2.75) is 26.8 Å². The molecule has 0 bridgehead atoms. The van der Waals surface area contributed by atoms with E-state index in [1.54, 1.807) is 22.8 Å². The molecule has 2 heterocycles. The summed E-state index contributed by atoms with van der Waals surface area (Å²) in [6.07, 6.45) is 2.38. The molecule has 8 nitrogen and oxygen atoms in total. The third-order valence-electron chi connectivity index (χ3n) is 3.44. The van der Waals surface area contributed by atoms with E-state index in [1.165, 1.54) is 0 Å². The zero-order chi connectivity index (χ0) is 15.4. The SMILES string of the molecule is Cc1n[nH]c(C)c1CCN(C)C(=O)c1cn(CCN)nn1. The number of aromatic nitrogens is 5. The lowest BCUT2D eigenvalue weighted by molar-refractivity contribution is 0.0790. The average Bonchev–Trinajstić information content (AvgIpc) is 3.04. The number of H-pyrrole nitrogens is 1. The molecule has 8 heteroatoms. The predicted molar refractivity (Wildman–Crippen MR) is 77.8 cm³/mol. The highest BCUT2D eigenvalue weighted by Gasteiger charge is 2.16. The smallest absolute Gasteiger partial charge is 0.275 e. The summed E-state index contributed by atoms with van der Waals surface area (Å²) < 4.78 is 1.57. The first-order valence-electron chi connectivity index (χ1n) is 6.89. The van der Waals surface area contributed by atoms with Crippen molar-refractivity contribution in [3.05, 3.63) is 28.8 Å². The van der Waals surface area contributed by atoms with Gasteiger partial charge in [0, 0.05) is 25.8 Å². The normalized spacial score (nSPS) is 10.9. The molecule has 0 atom stereocenters. The Kier molecular flexibility index (Phi) is 4.69. The molecule has 0 aliphatic heterocycles. The quantitative estimate of drug-likeness (QED) is 0.772. The Labute approximate surface area is 123 Å². The molecule has 2 rings (SSSR count). The van der Waals surface area contributed by atoms with Crippen LogP contribution in [0.5, 0.6) is 0 Å². The number of nitrogens with zero attached hydrogens (tertiary/aromatic N) is 5. The molecule has 21 heavy (non-hydrogen) atoms. The van der Waals surface area contributed by atoms with Crippen molar-refractivity contribution < 1.29 is 4.79 Å². The zero-order valence-electron chi connectivity index (χ0n) is 12.6. The Bertz CT molecular complexity index is 596. The maximum Gasteiger partial charge on any atom is 0.275 e. The van der Waals surface area contributed by atoms with E-state index in [2.05, 4.69) is 20.5 Å².